The lowest BCUT2D eigenvalue weighted by Gasteiger charge is -2.32. The van der Waals surface area contributed by atoms with Crippen molar-refractivity contribution in [2.45, 2.75) is 19.9 Å². The minimum Gasteiger partial charge on any atom is -0.495 e. The Balaban J connectivity index is 1.40. The standard InChI is InChI=1S/C25H29ClN4O2S/c1-17-11-22(23(32-3)14-21(17)26)28-24(31)13-20-16-33-25(27-20)19-6-4-5-18(12-19)15-30-9-7-29(2)8-10-30/h4-6,11-12,14,16H,7-10,13,15H2,1-3H3,(H,28,31). The maximum absolute atomic E-state index is 12.6. The molecule has 0 atom stereocenters. The third-order valence-corrected chi connectivity index (χ3v) is 7.17. The number of rotatable bonds is 7. The molecule has 174 valence electrons. The molecule has 4 rings (SSSR count). The summed E-state index contributed by atoms with van der Waals surface area (Å²) in [6, 6.07) is 12.1. The van der Waals surface area contributed by atoms with Gasteiger partial charge in [-0.15, -0.1) is 11.3 Å². The van der Waals surface area contributed by atoms with Crippen LogP contribution >= 0.6 is 22.9 Å². The van der Waals surface area contributed by atoms with Crippen molar-refractivity contribution >= 4 is 34.5 Å². The Morgan fingerprint density at radius 1 is 1.21 bits per heavy atom. The molecule has 8 heteroatoms. The van der Waals surface area contributed by atoms with E-state index >= 15 is 0 Å². The topological polar surface area (TPSA) is 57.7 Å². The zero-order valence-electron chi connectivity index (χ0n) is 19.2. The third-order valence-electron chi connectivity index (χ3n) is 5.82. The molecule has 1 aromatic heterocycles. The van der Waals surface area contributed by atoms with E-state index in [1.54, 1.807) is 24.5 Å². The molecule has 3 aromatic rings. The molecule has 33 heavy (non-hydrogen) atoms. The average Bonchev–Trinajstić information content (AvgIpc) is 3.26. The van der Waals surface area contributed by atoms with Gasteiger partial charge in [0.25, 0.3) is 0 Å². The Morgan fingerprint density at radius 3 is 2.76 bits per heavy atom. The molecular formula is C25H29ClN4O2S. The number of ether oxygens (including phenoxy) is 1. The predicted octanol–water partition coefficient (Wildman–Crippen LogP) is 4.71. The van der Waals surface area contributed by atoms with E-state index in [9.17, 15) is 4.79 Å². The van der Waals surface area contributed by atoms with Crippen molar-refractivity contribution in [1.29, 1.82) is 0 Å². The number of hydrogen-bond acceptors (Lipinski definition) is 6. The van der Waals surface area contributed by atoms with Gasteiger partial charge in [0.2, 0.25) is 5.91 Å². The van der Waals surface area contributed by atoms with Crippen LogP contribution in [0.4, 0.5) is 5.69 Å². The number of piperazine rings is 1. The van der Waals surface area contributed by atoms with Crippen LogP contribution in [0, 0.1) is 6.92 Å². The molecule has 2 aromatic carbocycles. The summed E-state index contributed by atoms with van der Waals surface area (Å²) in [6.45, 7) is 7.25. The number of nitrogens with one attached hydrogen (secondary N) is 1. The Hall–Kier alpha value is -2.45. The number of carbonyl (C=O) groups excluding carboxylic acids is 1. The van der Waals surface area contributed by atoms with E-state index in [1.165, 1.54) is 5.56 Å². The number of benzene rings is 2. The van der Waals surface area contributed by atoms with Gasteiger partial charge < -0.3 is 15.0 Å². The molecule has 6 nitrogen and oxygen atoms in total. The first-order valence-corrected chi connectivity index (χ1v) is 12.3. The van der Waals surface area contributed by atoms with Crippen molar-refractivity contribution in [3.8, 4) is 16.3 Å². The normalized spacial score (nSPS) is 14.9. The van der Waals surface area contributed by atoms with Crippen LogP contribution in [-0.2, 0) is 17.8 Å². The Bertz CT molecular complexity index is 1130. The van der Waals surface area contributed by atoms with Crippen molar-refractivity contribution in [2.75, 3.05) is 45.7 Å². The number of aryl methyl sites for hydroxylation is 1. The van der Waals surface area contributed by atoms with Crippen LogP contribution in [0.2, 0.25) is 5.02 Å². The molecule has 1 aliphatic heterocycles. The van der Waals surface area contributed by atoms with E-state index in [1.807, 2.05) is 18.4 Å². The van der Waals surface area contributed by atoms with E-state index < -0.39 is 0 Å². The minimum atomic E-state index is -0.143. The van der Waals surface area contributed by atoms with Crippen LogP contribution in [0.25, 0.3) is 10.6 Å². The lowest BCUT2D eigenvalue weighted by atomic mass is 10.1. The summed E-state index contributed by atoms with van der Waals surface area (Å²) < 4.78 is 5.35. The smallest absolute Gasteiger partial charge is 0.230 e. The lowest BCUT2D eigenvalue weighted by molar-refractivity contribution is -0.115. The van der Waals surface area contributed by atoms with E-state index in [2.05, 4.69) is 46.4 Å². The number of aromatic nitrogens is 1. The van der Waals surface area contributed by atoms with Gasteiger partial charge in [0.15, 0.2) is 0 Å². The molecule has 1 fully saturated rings. The first-order valence-electron chi connectivity index (χ1n) is 11.0. The fourth-order valence-electron chi connectivity index (χ4n) is 3.88. The minimum absolute atomic E-state index is 0.143. The molecule has 1 aliphatic rings. The largest absolute Gasteiger partial charge is 0.495 e. The fourth-order valence-corrected chi connectivity index (χ4v) is 4.85. The zero-order chi connectivity index (χ0) is 23.4. The average molecular weight is 485 g/mol. The lowest BCUT2D eigenvalue weighted by Crippen LogP contribution is -2.43. The van der Waals surface area contributed by atoms with Crippen LogP contribution < -0.4 is 10.1 Å². The SMILES string of the molecule is COc1cc(Cl)c(C)cc1NC(=O)Cc1csc(-c2cccc(CN3CCN(C)CC3)c2)n1. The summed E-state index contributed by atoms with van der Waals surface area (Å²) in [4.78, 5) is 22.2. The van der Waals surface area contributed by atoms with Gasteiger partial charge in [0.1, 0.15) is 10.8 Å². The van der Waals surface area contributed by atoms with E-state index in [4.69, 9.17) is 21.3 Å². The Labute approximate surface area is 204 Å². The summed E-state index contributed by atoms with van der Waals surface area (Å²) in [5.74, 6) is 0.394. The Morgan fingerprint density at radius 2 is 2.00 bits per heavy atom. The van der Waals surface area contributed by atoms with Crippen molar-refractivity contribution in [3.63, 3.8) is 0 Å². The number of methoxy groups -OCH3 is 1. The molecule has 1 amide bonds. The molecule has 0 bridgehead atoms. The summed E-state index contributed by atoms with van der Waals surface area (Å²) in [6.07, 6.45) is 0.197. The molecule has 0 saturated carbocycles. The number of carbonyl (C=O) groups is 1. The van der Waals surface area contributed by atoms with Crippen LogP contribution in [0.1, 0.15) is 16.8 Å². The highest BCUT2D eigenvalue weighted by Gasteiger charge is 2.16. The molecule has 0 aliphatic carbocycles. The van der Waals surface area contributed by atoms with Crippen LogP contribution in [0.15, 0.2) is 41.8 Å². The van der Waals surface area contributed by atoms with Gasteiger partial charge in [0, 0.05) is 54.8 Å². The number of thiazole rings is 1. The van der Waals surface area contributed by atoms with Gasteiger partial charge in [-0.1, -0.05) is 29.8 Å². The maximum Gasteiger partial charge on any atom is 0.230 e. The number of likely N-dealkylation sites (N-methyl/N-ethyl adjacent to an activating group) is 1. The Kier molecular flexibility index (Phi) is 7.65. The summed E-state index contributed by atoms with van der Waals surface area (Å²) in [7, 11) is 3.73. The van der Waals surface area contributed by atoms with Gasteiger partial charge in [-0.2, -0.15) is 0 Å². The van der Waals surface area contributed by atoms with Crippen molar-refractivity contribution in [1.82, 2.24) is 14.8 Å². The number of nitrogens with zero attached hydrogens (tertiary/aromatic N) is 3. The first-order chi connectivity index (χ1) is 15.9. The molecule has 0 radical (unpaired) electrons. The second kappa shape index (κ2) is 10.7. The van der Waals surface area contributed by atoms with E-state index in [0.29, 0.717) is 16.5 Å². The molecule has 2 heterocycles. The molecule has 0 unspecified atom stereocenters. The molecule has 1 saturated heterocycles. The van der Waals surface area contributed by atoms with Crippen molar-refractivity contribution in [3.05, 3.63) is 63.6 Å². The van der Waals surface area contributed by atoms with Crippen LogP contribution in [0.3, 0.4) is 0 Å². The fraction of sp³-hybridized carbons (Fsp3) is 0.360. The van der Waals surface area contributed by atoms with E-state index in [-0.39, 0.29) is 12.3 Å². The highest BCUT2D eigenvalue weighted by atomic mass is 35.5. The predicted molar refractivity (Wildman–Crippen MR) is 135 cm³/mol. The van der Waals surface area contributed by atoms with Crippen LogP contribution in [0.5, 0.6) is 5.75 Å². The van der Waals surface area contributed by atoms with Gasteiger partial charge in [-0.3, -0.25) is 9.69 Å². The maximum atomic E-state index is 12.6. The van der Waals surface area contributed by atoms with Gasteiger partial charge in [-0.05, 0) is 37.2 Å². The highest BCUT2D eigenvalue weighted by Crippen LogP contribution is 2.31. The van der Waals surface area contributed by atoms with Crippen molar-refractivity contribution in [2.24, 2.45) is 0 Å². The third kappa shape index (κ3) is 6.12. The number of amides is 1. The zero-order valence-corrected chi connectivity index (χ0v) is 20.8. The second-order valence-electron chi connectivity index (χ2n) is 8.45. The van der Waals surface area contributed by atoms with Gasteiger partial charge >= 0.3 is 0 Å². The summed E-state index contributed by atoms with van der Waals surface area (Å²) in [5, 5.41) is 6.40. The van der Waals surface area contributed by atoms with Crippen LogP contribution in [-0.4, -0.2) is 61.0 Å². The number of anilines is 1. The molecule has 1 N–H and O–H groups in total. The monoisotopic (exact) mass is 484 g/mol. The van der Waals surface area contributed by atoms with E-state index in [0.717, 1.165) is 54.6 Å². The quantitative estimate of drug-likeness (QED) is 0.526. The van der Waals surface area contributed by atoms with Crippen molar-refractivity contribution < 1.29 is 9.53 Å². The van der Waals surface area contributed by atoms with Gasteiger partial charge in [-0.25, -0.2) is 4.98 Å². The molecular weight excluding hydrogens is 456 g/mol. The first kappa shape index (κ1) is 23.7. The second-order valence-corrected chi connectivity index (χ2v) is 9.72. The number of hydrogen-bond donors (Lipinski definition) is 1. The molecule has 0 spiro atoms. The summed E-state index contributed by atoms with van der Waals surface area (Å²) in [5.41, 5.74) is 4.61. The highest BCUT2D eigenvalue weighted by molar-refractivity contribution is 7.13. The number of halogens is 1. The van der Waals surface area contributed by atoms with Gasteiger partial charge in [0.05, 0.1) is 24.9 Å². The summed E-state index contributed by atoms with van der Waals surface area (Å²) >= 11 is 7.72.